The predicted molar refractivity (Wildman–Crippen MR) is 69.3 cm³/mol. The highest BCUT2D eigenvalue weighted by molar-refractivity contribution is 7.93. The van der Waals surface area contributed by atoms with Gasteiger partial charge in [0.15, 0.2) is 15.1 Å². The van der Waals surface area contributed by atoms with Crippen molar-refractivity contribution in [1.29, 1.82) is 0 Å². The molecule has 1 atom stereocenters. The first kappa shape index (κ1) is 15.9. The smallest absolute Gasteiger partial charge is 0.321 e. The Labute approximate surface area is 112 Å². The molecule has 0 aliphatic carbocycles. The van der Waals surface area contributed by atoms with Gasteiger partial charge in [-0.3, -0.25) is 9.59 Å². The number of nitrogens with two attached hydrogens (primary N) is 1. The second-order valence-electron chi connectivity index (χ2n) is 4.65. The van der Waals surface area contributed by atoms with Gasteiger partial charge in [-0.15, -0.1) is 0 Å². The Bertz CT molecular complexity index is 428. The van der Waals surface area contributed by atoms with Crippen LogP contribution in [0.5, 0.6) is 0 Å². The van der Waals surface area contributed by atoms with Crippen molar-refractivity contribution >= 4 is 21.7 Å². The first-order valence-corrected chi connectivity index (χ1v) is 8.02. The molecule has 1 saturated heterocycles. The second kappa shape index (κ2) is 6.85. The summed E-state index contributed by atoms with van der Waals surface area (Å²) < 4.78 is 23.9. The van der Waals surface area contributed by atoms with Gasteiger partial charge in [-0.2, -0.15) is 0 Å². The van der Waals surface area contributed by atoms with Gasteiger partial charge < -0.3 is 15.7 Å². The fraction of sp³-hybridized carbons (Fsp3) is 0.818. The Balaban J connectivity index is 2.71. The maximum absolute atomic E-state index is 11.9. The van der Waals surface area contributed by atoms with Crippen molar-refractivity contribution in [2.24, 2.45) is 5.73 Å². The Morgan fingerprint density at radius 2 is 1.79 bits per heavy atom. The van der Waals surface area contributed by atoms with Crippen LogP contribution in [0.3, 0.4) is 0 Å². The molecule has 19 heavy (non-hydrogen) atoms. The number of nitrogens with zero attached hydrogens (tertiary/aromatic N) is 1. The van der Waals surface area contributed by atoms with Gasteiger partial charge in [0.1, 0.15) is 5.75 Å². The molecular formula is C11H20N2O5S. The van der Waals surface area contributed by atoms with Gasteiger partial charge in [-0.05, 0) is 32.2 Å². The molecule has 0 saturated carbocycles. The van der Waals surface area contributed by atoms with Crippen LogP contribution in [0, 0.1) is 0 Å². The number of hydrogen-bond acceptors (Lipinski definition) is 5. The van der Waals surface area contributed by atoms with E-state index in [1.165, 1.54) is 4.90 Å². The number of sulfone groups is 1. The lowest BCUT2D eigenvalue weighted by molar-refractivity contribution is -0.136. The minimum atomic E-state index is -4.00. The number of piperidine rings is 1. The highest BCUT2D eigenvalue weighted by atomic mass is 32.2. The number of carbonyl (C=O) groups excluding carboxylic acids is 1. The summed E-state index contributed by atoms with van der Waals surface area (Å²) in [6, 6.07) is 0. The van der Waals surface area contributed by atoms with E-state index in [0.717, 1.165) is 19.3 Å². The highest BCUT2D eigenvalue weighted by Crippen LogP contribution is 2.12. The molecule has 0 aromatic rings. The number of carboxylic acids is 1. The normalized spacial score (nSPS) is 18.1. The van der Waals surface area contributed by atoms with Crippen LogP contribution in [0.2, 0.25) is 0 Å². The van der Waals surface area contributed by atoms with Gasteiger partial charge in [0.2, 0.25) is 5.91 Å². The van der Waals surface area contributed by atoms with Crippen molar-refractivity contribution in [1.82, 2.24) is 4.90 Å². The third-order valence-electron chi connectivity index (χ3n) is 3.17. The van der Waals surface area contributed by atoms with Gasteiger partial charge in [-0.1, -0.05) is 0 Å². The van der Waals surface area contributed by atoms with E-state index in [0.29, 0.717) is 13.1 Å². The minimum Gasteiger partial charge on any atom is -0.480 e. The summed E-state index contributed by atoms with van der Waals surface area (Å²) in [5.74, 6) is -2.70. The third-order valence-corrected chi connectivity index (χ3v) is 5.12. The molecule has 1 unspecified atom stereocenters. The van der Waals surface area contributed by atoms with E-state index in [-0.39, 0.29) is 13.0 Å². The summed E-state index contributed by atoms with van der Waals surface area (Å²) in [4.78, 5) is 24.3. The third kappa shape index (κ3) is 4.46. The summed E-state index contributed by atoms with van der Waals surface area (Å²) in [6.07, 6.45) is 2.57. The second-order valence-corrected chi connectivity index (χ2v) is 6.84. The van der Waals surface area contributed by atoms with Gasteiger partial charge in [-0.25, -0.2) is 8.42 Å². The topological polar surface area (TPSA) is 118 Å². The number of hydrogen-bond donors (Lipinski definition) is 2. The molecule has 0 spiro atoms. The van der Waals surface area contributed by atoms with Crippen LogP contribution < -0.4 is 5.73 Å². The van der Waals surface area contributed by atoms with Crippen molar-refractivity contribution in [2.75, 3.05) is 25.4 Å². The Kier molecular flexibility index (Phi) is 5.74. The van der Waals surface area contributed by atoms with Gasteiger partial charge in [0.25, 0.3) is 0 Å². The number of likely N-dealkylation sites (tertiary alicyclic amines) is 1. The maximum atomic E-state index is 11.9. The monoisotopic (exact) mass is 292 g/mol. The van der Waals surface area contributed by atoms with Crippen LogP contribution in [0.4, 0.5) is 0 Å². The van der Waals surface area contributed by atoms with Gasteiger partial charge in [0, 0.05) is 13.1 Å². The Hall–Kier alpha value is -1.15. The number of aliphatic carboxylic acids is 1. The fourth-order valence-electron chi connectivity index (χ4n) is 2.12. The summed E-state index contributed by atoms with van der Waals surface area (Å²) >= 11 is 0. The molecule has 1 amide bonds. The molecule has 7 nitrogen and oxygen atoms in total. The standard InChI is InChI=1S/C11H20N2O5S/c12-5-4-9(11(15)16)19(17,18)8-10(14)13-6-2-1-3-7-13/h9H,1-8,12H2,(H,15,16). The van der Waals surface area contributed by atoms with Crippen LogP contribution in [-0.2, 0) is 19.4 Å². The van der Waals surface area contributed by atoms with Gasteiger partial charge in [0.05, 0.1) is 0 Å². The van der Waals surface area contributed by atoms with Crippen molar-refractivity contribution < 1.29 is 23.1 Å². The van der Waals surface area contributed by atoms with Crippen LogP contribution >= 0.6 is 0 Å². The summed E-state index contributed by atoms with van der Waals surface area (Å²) in [5, 5.41) is 7.31. The summed E-state index contributed by atoms with van der Waals surface area (Å²) in [7, 11) is -4.00. The molecule has 8 heteroatoms. The van der Waals surface area contributed by atoms with Crippen molar-refractivity contribution in [3.8, 4) is 0 Å². The maximum Gasteiger partial charge on any atom is 0.321 e. The van der Waals surface area contributed by atoms with E-state index in [1.54, 1.807) is 0 Å². The quantitative estimate of drug-likeness (QED) is 0.663. The molecule has 1 aliphatic heterocycles. The van der Waals surface area contributed by atoms with Crippen LogP contribution in [0.25, 0.3) is 0 Å². The van der Waals surface area contributed by atoms with Gasteiger partial charge >= 0.3 is 5.97 Å². The number of carbonyl (C=O) groups is 2. The van der Waals surface area contributed by atoms with Crippen molar-refractivity contribution in [3.63, 3.8) is 0 Å². The molecule has 0 aromatic carbocycles. The molecule has 0 bridgehead atoms. The van der Waals surface area contributed by atoms with E-state index in [9.17, 15) is 18.0 Å². The molecule has 1 fully saturated rings. The van der Waals surface area contributed by atoms with Crippen LogP contribution in [0.1, 0.15) is 25.7 Å². The largest absolute Gasteiger partial charge is 0.480 e. The summed E-state index contributed by atoms with van der Waals surface area (Å²) in [6.45, 7) is 1.04. The van der Waals surface area contributed by atoms with E-state index in [2.05, 4.69) is 0 Å². The Morgan fingerprint density at radius 3 is 2.26 bits per heavy atom. The molecular weight excluding hydrogens is 272 g/mol. The lowest BCUT2D eigenvalue weighted by Crippen LogP contribution is -2.43. The van der Waals surface area contributed by atoms with Crippen molar-refractivity contribution in [2.45, 2.75) is 30.9 Å². The fourth-order valence-corrected chi connectivity index (χ4v) is 3.65. The minimum absolute atomic E-state index is 0.0475. The number of rotatable bonds is 6. The van der Waals surface area contributed by atoms with E-state index < -0.39 is 32.7 Å². The average Bonchev–Trinajstić information content (AvgIpc) is 2.35. The first-order chi connectivity index (χ1) is 8.88. The SMILES string of the molecule is NCCC(C(=O)O)S(=O)(=O)CC(=O)N1CCCCC1. The molecule has 3 N–H and O–H groups in total. The predicted octanol–water partition coefficient (Wildman–Crippen LogP) is -0.784. The van der Waals surface area contributed by atoms with E-state index >= 15 is 0 Å². The Morgan fingerprint density at radius 1 is 1.21 bits per heavy atom. The molecule has 110 valence electrons. The zero-order chi connectivity index (χ0) is 14.5. The number of carboxylic acid groups (broad SMARTS) is 1. The molecule has 0 radical (unpaired) electrons. The van der Waals surface area contributed by atoms with Crippen molar-refractivity contribution in [3.05, 3.63) is 0 Å². The zero-order valence-corrected chi connectivity index (χ0v) is 11.6. The molecule has 1 heterocycles. The number of amides is 1. The molecule has 1 rings (SSSR count). The summed E-state index contributed by atoms with van der Waals surface area (Å²) in [5.41, 5.74) is 5.21. The molecule has 1 aliphatic rings. The molecule has 0 aromatic heterocycles. The average molecular weight is 292 g/mol. The van der Waals surface area contributed by atoms with Crippen LogP contribution in [0.15, 0.2) is 0 Å². The van der Waals surface area contributed by atoms with E-state index in [1.807, 2.05) is 0 Å². The van der Waals surface area contributed by atoms with E-state index in [4.69, 9.17) is 10.8 Å². The lowest BCUT2D eigenvalue weighted by atomic mass is 10.1. The first-order valence-electron chi connectivity index (χ1n) is 6.30. The lowest BCUT2D eigenvalue weighted by Gasteiger charge is -2.27. The zero-order valence-electron chi connectivity index (χ0n) is 10.7. The van der Waals surface area contributed by atoms with Crippen LogP contribution in [-0.4, -0.2) is 60.9 Å². The highest BCUT2D eigenvalue weighted by Gasteiger charge is 2.34.